The molecule has 2 aliphatic rings. The van der Waals surface area contributed by atoms with Crippen LogP contribution in [0.5, 0.6) is 0 Å². The highest BCUT2D eigenvalue weighted by atomic mass is 32.2. The van der Waals surface area contributed by atoms with Crippen molar-refractivity contribution in [2.45, 2.75) is 81.5 Å². The summed E-state index contributed by atoms with van der Waals surface area (Å²) in [4.78, 5) is 0. The topological polar surface area (TPSA) is 0 Å². The third kappa shape index (κ3) is 19.1. The summed E-state index contributed by atoms with van der Waals surface area (Å²) in [6, 6.07) is 0. The fraction of sp³-hybridized carbons (Fsp3) is 1.00. The maximum absolute atomic E-state index is 4.69. The van der Waals surface area contributed by atoms with Crippen molar-refractivity contribution in [3.8, 4) is 0 Å². The third-order valence-corrected chi connectivity index (χ3v) is 24.6. The third-order valence-electron chi connectivity index (χ3n) is 7.08. The van der Waals surface area contributed by atoms with Gasteiger partial charge in [-0.3, -0.25) is 0 Å². The summed E-state index contributed by atoms with van der Waals surface area (Å²) < 4.78 is 0.721. The normalized spacial score (nSPS) is 28.9. The average Bonchev–Trinajstić information content (AvgIpc) is 2.98. The largest absolute Gasteiger partial charge is 0.175 e. The van der Waals surface area contributed by atoms with E-state index in [-0.39, 0.29) is 0 Å². The first-order valence-corrected chi connectivity index (χ1v) is 28.8. The van der Waals surface area contributed by atoms with Crippen molar-refractivity contribution in [2.75, 3.05) is 92.0 Å². The van der Waals surface area contributed by atoms with Gasteiger partial charge in [0.2, 0.25) is 0 Å². The molecule has 262 valence electrons. The van der Waals surface area contributed by atoms with Crippen LogP contribution in [-0.2, 0) is 0 Å². The van der Waals surface area contributed by atoms with Gasteiger partial charge in [-0.1, -0.05) is 27.7 Å². The summed E-state index contributed by atoms with van der Waals surface area (Å²) in [5.41, 5.74) is 0. The first-order valence-electron chi connectivity index (χ1n) is 15.8. The lowest BCUT2D eigenvalue weighted by molar-refractivity contribution is 0.513. The van der Waals surface area contributed by atoms with Crippen molar-refractivity contribution in [2.24, 2.45) is 0 Å². The van der Waals surface area contributed by atoms with E-state index in [0.717, 1.165) is 22.0 Å². The number of thiol groups is 4. The van der Waals surface area contributed by atoms with Crippen LogP contribution >= 0.6 is 168 Å². The standard InChI is InChI=1S/C30H58S14/c1-23(31)13-35-7-5-27-18-43-29(21-41-27,6-8-36-14-24(2)32)30(20-40-12-11-38-16-26(4)34)22-42-28(19-44-30)17-39-10-9-37-15-25(3)33/h23-28,31-34H,5-22H2,1-4H3. The Morgan fingerprint density at radius 2 is 1.02 bits per heavy atom. The summed E-state index contributed by atoms with van der Waals surface area (Å²) in [6.07, 6.45) is 2.69. The van der Waals surface area contributed by atoms with Gasteiger partial charge in [-0.2, -0.15) is 168 Å². The van der Waals surface area contributed by atoms with E-state index in [2.05, 4.69) is 183 Å². The van der Waals surface area contributed by atoms with E-state index in [1.54, 1.807) is 0 Å². The van der Waals surface area contributed by atoms with Crippen LogP contribution in [0.3, 0.4) is 0 Å². The molecule has 0 aromatic heterocycles. The fourth-order valence-corrected chi connectivity index (χ4v) is 21.4. The van der Waals surface area contributed by atoms with Gasteiger partial charge >= 0.3 is 0 Å². The SMILES string of the molecule is CC(S)CSCCSCC1CSC(CSCCSCC(C)S)(C2(CCSCC(C)S)CSC(CCSCC(C)S)CS2)CS1. The summed E-state index contributed by atoms with van der Waals surface area (Å²) in [6.45, 7) is 8.87. The van der Waals surface area contributed by atoms with Crippen molar-refractivity contribution in [1.82, 2.24) is 0 Å². The van der Waals surface area contributed by atoms with Crippen molar-refractivity contribution in [3.63, 3.8) is 0 Å². The van der Waals surface area contributed by atoms with E-state index < -0.39 is 0 Å². The number of thioether (sulfide) groups is 10. The molecule has 8 atom stereocenters. The van der Waals surface area contributed by atoms with E-state index in [4.69, 9.17) is 12.6 Å². The van der Waals surface area contributed by atoms with E-state index in [9.17, 15) is 0 Å². The Bertz CT molecular complexity index is 691. The van der Waals surface area contributed by atoms with Crippen LogP contribution in [0.1, 0.15) is 40.5 Å². The average molecular weight is 868 g/mol. The molecule has 0 nitrogen and oxygen atoms in total. The minimum absolute atomic E-state index is 0.357. The number of rotatable bonds is 25. The smallest absolute Gasteiger partial charge is 0.0495 e. The van der Waals surface area contributed by atoms with Crippen LogP contribution in [0, 0.1) is 0 Å². The fourth-order valence-electron chi connectivity index (χ4n) is 4.72. The van der Waals surface area contributed by atoms with Gasteiger partial charge in [0.1, 0.15) is 0 Å². The molecule has 0 N–H and O–H groups in total. The zero-order chi connectivity index (χ0) is 32.3. The van der Waals surface area contributed by atoms with Crippen molar-refractivity contribution in [3.05, 3.63) is 0 Å². The molecular formula is C30H58S14. The van der Waals surface area contributed by atoms with Crippen LogP contribution in [0.25, 0.3) is 0 Å². The quantitative estimate of drug-likeness (QED) is 0.0515. The summed E-state index contributed by atoms with van der Waals surface area (Å²) in [5.74, 6) is 20.2. The summed E-state index contributed by atoms with van der Waals surface area (Å²) >= 11 is 40.7. The molecule has 2 fully saturated rings. The summed E-state index contributed by atoms with van der Waals surface area (Å²) in [7, 11) is 0. The molecule has 0 bridgehead atoms. The minimum atomic E-state index is 0.357. The molecule has 14 heteroatoms. The zero-order valence-corrected chi connectivity index (χ0v) is 38.8. The zero-order valence-electron chi connectivity index (χ0n) is 27.1. The van der Waals surface area contributed by atoms with Crippen LogP contribution in [0.15, 0.2) is 0 Å². The predicted molar refractivity (Wildman–Crippen MR) is 250 cm³/mol. The molecular weight excluding hydrogens is 809 g/mol. The Morgan fingerprint density at radius 3 is 1.55 bits per heavy atom. The molecule has 2 heterocycles. The Morgan fingerprint density at radius 1 is 0.568 bits per heavy atom. The minimum Gasteiger partial charge on any atom is -0.175 e. The maximum Gasteiger partial charge on any atom is 0.0495 e. The monoisotopic (exact) mass is 866 g/mol. The lowest BCUT2D eigenvalue weighted by Gasteiger charge is -2.55. The first-order chi connectivity index (χ1) is 21.1. The molecule has 8 unspecified atom stereocenters. The van der Waals surface area contributed by atoms with Gasteiger partial charge in [0.05, 0.1) is 0 Å². The van der Waals surface area contributed by atoms with Gasteiger partial charge in [-0.05, 0) is 24.3 Å². The second kappa shape index (κ2) is 26.6. The molecule has 2 rings (SSSR count). The molecule has 44 heavy (non-hydrogen) atoms. The Labute approximate surface area is 337 Å². The second-order valence-corrected chi connectivity index (χ2v) is 27.6. The highest BCUT2D eigenvalue weighted by Gasteiger charge is 2.55. The Hall–Kier alpha value is 4.90. The van der Waals surface area contributed by atoms with Crippen molar-refractivity contribution < 1.29 is 0 Å². The van der Waals surface area contributed by atoms with E-state index >= 15 is 0 Å². The van der Waals surface area contributed by atoms with Crippen LogP contribution in [0.2, 0.25) is 0 Å². The van der Waals surface area contributed by atoms with Gasteiger partial charge in [-0.15, -0.1) is 0 Å². The highest BCUT2D eigenvalue weighted by molar-refractivity contribution is 8.12. The van der Waals surface area contributed by atoms with Crippen LogP contribution in [-0.4, -0.2) is 133 Å². The van der Waals surface area contributed by atoms with E-state index in [0.29, 0.717) is 30.5 Å². The molecule has 0 spiro atoms. The van der Waals surface area contributed by atoms with E-state index in [1.165, 1.54) is 93.4 Å². The summed E-state index contributed by atoms with van der Waals surface area (Å²) in [5, 5.41) is 3.57. The first kappa shape index (κ1) is 45.1. The lowest BCUT2D eigenvalue weighted by Crippen LogP contribution is -2.59. The second-order valence-electron chi connectivity index (χ2n) is 11.8. The van der Waals surface area contributed by atoms with Crippen molar-refractivity contribution >= 4 is 168 Å². The maximum atomic E-state index is 4.69. The predicted octanol–water partition coefficient (Wildman–Crippen LogP) is 10.6. The van der Waals surface area contributed by atoms with Gasteiger partial charge in [0, 0.05) is 122 Å². The molecule has 0 radical (unpaired) electrons. The Balaban J connectivity index is 2.05. The van der Waals surface area contributed by atoms with Gasteiger partial charge in [0.15, 0.2) is 0 Å². The number of hydrogen-bond donors (Lipinski definition) is 4. The van der Waals surface area contributed by atoms with E-state index in [1.807, 2.05) is 0 Å². The van der Waals surface area contributed by atoms with Gasteiger partial charge in [0.25, 0.3) is 0 Å². The lowest BCUT2D eigenvalue weighted by atomic mass is 9.92. The molecule has 0 saturated carbocycles. The van der Waals surface area contributed by atoms with Gasteiger partial charge < -0.3 is 0 Å². The molecule has 0 amide bonds. The molecule has 2 aliphatic heterocycles. The molecule has 2 saturated heterocycles. The van der Waals surface area contributed by atoms with Crippen LogP contribution < -0.4 is 0 Å². The number of hydrogen-bond acceptors (Lipinski definition) is 14. The van der Waals surface area contributed by atoms with Crippen molar-refractivity contribution in [1.29, 1.82) is 0 Å². The van der Waals surface area contributed by atoms with Crippen LogP contribution in [0.4, 0.5) is 0 Å². The highest BCUT2D eigenvalue weighted by Crippen LogP contribution is 2.58. The molecule has 0 aromatic carbocycles. The molecule has 0 aliphatic carbocycles. The Kier molecular flexibility index (Phi) is 27.3. The van der Waals surface area contributed by atoms with Gasteiger partial charge in [-0.25, -0.2) is 0 Å². The molecule has 0 aromatic rings.